The van der Waals surface area contributed by atoms with Crippen molar-refractivity contribution in [2.24, 2.45) is 11.5 Å². The molecule has 0 saturated heterocycles. The van der Waals surface area contributed by atoms with Gasteiger partial charge in [0.1, 0.15) is 0 Å². The molecule has 0 aliphatic carbocycles. The van der Waals surface area contributed by atoms with Gasteiger partial charge in [-0.2, -0.15) is 0 Å². The second-order valence-corrected chi connectivity index (χ2v) is 4.93. The molecule has 20 heavy (non-hydrogen) atoms. The van der Waals surface area contributed by atoms with E-state index >= 15 is 0 Å². The molecule has 2 aromatic carbocycles. The van der Waals surface area contributed by atoms with Crippen LogP contribution in [0.15, 0.2) is 60.7 Å². The lowest BCUT2D eigenvalue weighted by Crippen LogP contribution is -2.08. The summed E-state index contributed by atoms with van der Waals surface area (Å²) in [5.41, 5.74) is 13.6. The summed E-state index contributed by atoms with van der Waals surface area (Å²) < 4.78 is 0. The van der Waals surface area contributed by atoms with Crippen molar-refractivity contribution in [3.05, 3.63) is 71.8 Å². The normalized spacial score (nSPS) is 11.3. The molecule has 2 rings (SSSR count). The first-order chi connectivity index (χ1) is 9.77. The van der Waals surface area contributed by atoms with Crippen LogP contribution in [0.3, 0.4) is 0 Å². The number of hydrogen-bond donors (Lipinski definition) is 2. The minimum absolute atomic E-state index is 0.487. The average Bonchev–Trinajstić information content (AvgIpc) is 2.54. The van der Waals surface area contributed by atoms with Crippen LogP contribution >= 0.6 is 0 Å². The Labute approximate surface area is 122 Å². The molecular weight excluding hydrogens is 244 g/mol. The highest BCUT2D eigenvalue weighted by atomic mass is 14.5. The first-order valence-corrected chi connectivity index (χ1v) is 7.27. The summed E-state index contributed by atoms with van der Waals surface area (Å²) >= 11 is 0. The second-order valence-electron chi connectivity index (χ2n) is 4.93. The van der Waals surface area contributed by atoms with Crippen LogP contribution in [0.4, 0.5) is 0 Å². The fourth-order valence-corrected chi connectivity index (χ4v) is 1.87. The lowest BCUT2D eigenvalue weighted by Gasteiger charge is -2.06. The summed E-state index contributed by atoms with van der Waals surface area (Å²) in [7, 11) is 0. The number of hydrogen-bond acceptors (Lipinski definition) is 2. The van der Waals surface area contributed by atoms with E-state index in [2.05, 4.69) is 43.3 Å². The van der Waals surface area contributed by atoms with Gasteiger partial charge < -0.3 is 11.5 Å². The molecule has 0 saturated carbocycles. The zero-order chi connectivity index (χ0) is 14.6. The Kier molecular flexibility index (Phi) is 8.36. The van der Waals surface area contributed by atoms with Gasteiger partial charge in [0.05, 0.1) is 0 Å². The summed E-state index contributed by atoms with van der Waals surface area (Å²) in [6.07, 6.45) is 2.20. The quantitative estimate of drug-likeness (QED) is 0.875. The number of nitrogens with two attached hydrogens (primary N) is 2. The maximum atomic E-state index is 5.50. The van der Waals surface area contributed by atoms with Crippen molar-refractivity contribution >= 4 is 0 Å². The van der Waals surface area contributed by atoms with E-state index in [1.54, 1.807) is 0 Å². The van der Waals surface area contributed by atoms with Gasteiger partial charge in [-0.1, -0.05) is 67.6 Å². The van der Waals surface area contributed by atoms with Crippen LogP contribution in [0.5, 0.6) is 0 Å². The molecule has 0 aromatic heterocycles. The van der Waals surface area contributed by atoms with Gasteiger partial charge in [0.2, 0.25) is 0 Å². The predicted octanol–water partition coefficient (Wildman–Crippen LogP) is 3.33. The first kappa shape index (κ1) is 16.4. The van der Waals surface area contributed by atoms with Gasteiger partial charge >= 0.3 is 0 Å². The summed E-state index contributed by atoms with van der Waals surface area (Å²) in [5.74, 6) is 0.487. The highest BCUT2D eigenvalue weighted by Gasteiger charge is 1.99. The molecule has 108 valence electrons. The summed E-state index contributed by atoms with van der Waals surface area (Å²) in [6, 6.07) is 20.7. The fraction of sp³-hybridized carbons (Fsp3) is 0.333. The van der Waals surface area contributed by atoms with E-state index in [0.29, 0.717) is 5.92 Å². The van der Waals surface area contributed by atoms with Gasteiger partial charge in [-0.25, -0.2) is 0 Å². The second kappa shape index (κ2) is 10.2. The van der Waals surface area contributed by atoms with Crippen molar-refractivity contribution in [1.82, 2.24) is 0 Å². The monoisotopic (exact) mass is 270 g/mol. The molecular formula is C18H26N2. The minimum Gasteiger partial charge on any atom is -0.330 e. The van der Waals surface area contributed by atoms with Gasteiger partial charge in [-0.15, -0.1) is 0 Å². The Morgan fingerprint density at radius 1 is 0.850 bits per heavy atom. The summed E-state index contributed by atoms with van der Waals surface area (Å²) in [6.45, 7) is 3.65. The molecule has 0 spiro atoms. The molecule has 2 heteroatoms. The Bertz CT molecular complexity index is 439. The SMILES string of the molecule is CC(CN)c1ccccc1.NCCCc1ccccc1. The van der Waals surface area contributed by atoms with Gasteiger partial charge in [0, 0.05) is 0 Å². The van der Waals surface area contributed by atoms with E-state index in [4.69, 9.17) is 11.5 Å². The molecule has 0 fully saturated rings. The third-order valence-corrected chi connectivity index (χ3v) is 3.23. The van der Waals surface area contributed by atoms with Crippen molar-refractivity contribution in [3.8, 4) is 0 Å². The fourth-order valence-electron chi connectivity index (χ4n) is 1.87. The average molecular weight is 270 g/mol. The highest BCUT2D eigenvalue weighted by Crippen LogP contribution is 2.11. The molecule has 0 amide bonds. The molecule has 0 bridgehead atoms. The minimum atomic E-state index is 0.487. The third-order valence-electron chi connectivity index (χ3n) is 3.23. The first-order valence-electron chi connectivity index (χ1n) is 7.27. The number of aryl methyl sites for hydroxylation is 1. The molecule has 0 radical (unpaired) electrons. The Hall–Kier alpha value is -1.64. The van der Waals surface area contributed by atoms with Gasteiger partial charge in [-0.05, 0) is 43.0 Å². The molecule has 2 nitrogen and oxygen atoms in total. The van der Waals surface area contributed by atoms with E-state index in [1.165, 1.54) is 11.1 Å². The molecule has 1 unspecified atom stereocenters. The predicted molar refractivity (Wildman–Crippen MR) is 87.7 cm³/mol. The van der Waals surface area contributed by atoms with Crippen LogP contribution in [0.1, 0.15) is 30.4 Å². The van der Waals surface area contributed by atoms with Gasteiger partial charge in [0.25, 0.3) is 0 Å². The maximum Gasteiger partial charge on any atom is -0.00109 e. The van der Waals surface area contributed by atoms with Crippen molar-refractivity contribution in [2.45, 2.75) is 25.7 Å². The van der Waals surface area contributed by atoms with Crippen LogP contribution in [0, 0.1) is 0 Å². The molecule has 4 N–H and O–H groups in total. The van der Waals surface area contributed by atoms with Crippen LogP contribution in [0.25, 0.3) is 0 Å². The van der Waals surface area contributed by atoms with E-state index in [9.17, 15) is 0 Å². The van der Waals surface area contributed by atoms with Crippen molar-refractivity contribution in [3.63, 3.8) is 0 Å². The Morgan fingerprint density at radius 3 is 1.90 bits per heavy atom. The highest BCUT2D eigenvalue weighted by molar-refractivity contribution is 5.18. The van der Waals surface area contributed by atoms with Crippen LogP contribution in [0.2, 0.25) is 0 Å². The Balaban J connectivity index is 0.000000200. The van der Waals surface area contributed by atoms with E-state index in [-0.39, 0.29) is 0 Å². The van der Waals surface area contributed by atoms with Crippen molar-refractivity contribution < 1.29 is 0 Å². The largest absolute Gasteiger partial charge is 0.330 e. The smallest absolute Gasteiger partial charge is 0.00109 e. The molecule has 2 aromatic rings. The Morgan fingerprint density at radius 2 is 1.40 bits per heavy atom. The number of benzene rings is 2. The summed E-state index contributed by atoms with van der Waals surface area (Å²) in [4.78, 5) is 0. The van der Waals surface area contributed by atoms with Gasteiger partial charge in [-0.3, -0.25) is 0 Å². The third kappa shape index (κ3) is 6.50. The molecule has 0 heterocycles. The standard InChI is InChI=1S/2C9H13N/c1-8(7-10)9-5-3-2-4-6-9;10-8-4-7-9-5-2-1-3-6-9/h2-6,8H,7,10H2,1H3;1-3,5-6H,4,7-8,10H2. The van der Waals surface area contributed by atoms with Gasteiger partial charge in [0.15, 0.2) is 0 Å². The van der Waals surface area contributed by atoms with Crippen LogP contribution < -0.4 is 11.5 Å². The van der Waals surface area contributed by atoms with Crippen LogP contribution in [-0.4, -0.2) is 13.1 Å². The van der Waals surface area contributed by atoms with Crippen molar-refractivity contribution in [2.75, 3.05) is 13.1 Å². The number of rotatable bonds is 5. The zero-order valence-corrected chi connectivity index (χ0v) is 12.3. The van der Waals surface area contributed by atoms with E-state index in [0.717, 1.165) is 25.9 Å². The van der Waals surface area contributed by atoms with E-state index in [1.807, 2.05) is 24.3 Å². The lowest BCUT2D eigenvalue weighted by atomic mass is 10.0. The maximum absolute atomic E-state index is 5.50. The topological polar surface area (TPSA) is 52.0 Å². The summed E-state index contributed by atoms with van der Waals surface area (Å²) in [5, 5.41) is 0. The molecule has 0 aliphatic rings. The van der Waals surface area contributed by atoms with Crippen molar-refractivity contribution in [1.29, 1.82) is 0 Å². The molecule has 0 aliphatic heterocycles. The lowest BCUT2D eigenvalue weighted by molar-refractivity contribution is 0.774. The van der Waals surface area contributed by atoms with E-state index < -0.39 is 0 Å². The van der Waals surface area contributed by atoms with Crippen LogP contribution in [-0.2, 0) is 6.42 Å². The zero-order valence-electron chi connectivity index (χ0n) is 12.3. The molecule has 1 atom stereocenters.